The van der Waals surface area contributed by atoms with Crippen LogP contribution in [0.2, 0.25) is 0 Å². The summed E-state index contributed by atoms with van der Waals surface area (Å²) in [6, 6.07) is 6.39. The molecule has 0 spiro atoms. The van der Waals surface area contributed by atoms with Crippen LogP contribution in [0, 0.1) is 0 Å². The summed E-state index contributed by atoms with van der Waals surface area (Å²) >= 11 is 3.76. The highest BCUT2D eigenvalue weighted by molar-refractivity contribution is 7.99. The summed E-state index contributed by atoms with van der Waals surface area (Å²) in [6.07, 6.45) is 5.54. The second-order valence-electron chi connectivity index (χ2n) is 4.24. The second-order valence-corrected chi connectivity index (χ2v) is 6.53. The fourth-order valence-corrected chi connectivity index (χ4v) is 3.41. The van der Waals surface area contributed by atoms with E-state index in [1.165, 1.54) is 28.0 Å². The zero-order chi connectivity index (χ0) is 13.0. The molecule has 1 aromatic heterocycles. The van der Waals surface area contributed by atoms with E-state index < -0.39 is 0 Å². The topological polar surface area (TPSA) is 30.9 Å². The Morgan fingerprint density at radius 1 is 1.33 bits per heavy atom. The third-order valence-corrected chi connectivity index (χ3v) is 4.55. The smallest absolute Gasteiger partial charge is 0.0512 e. The van der Waals surface area contributed by atoms with Crippen LogP contribution in [0.3, 0.4) is 0 Å². The Bertz CT molecular complexity index is 520. The van der Waals surface area contributed by atoms with Crippen LogP contribution in [0.25, 0.3) is 10.9 Å². The molecule has 1 aromatic carbocycles. The lowest BCUT2D eigenvalue weighted by molar-refractivity contribution is 0.709. The molecule has 2 aromatic rings. The van der Waals surface area contributed by atoms with E-state index in [0.717, 1.165) is 18.0 Å². The molecule has 2 nitrogen and oxygen atoms in total. The van der Waals surface area contributed by atoms with Crippen LogP contribution in [0.5, 0.6) is 0 Å². The standard InChI is InChI=1S/C14H20N2S2/c1-3-18-14-10-11(15)9-13-12(14)5-7-16(13)6-4-8-17-2/h5,7,9-10H,3-4,6,8,15H2,1-2H3. The van der Waals surface area contributed by atoms with Crippen LogP contribution in [0.4, 0.5) is 5.69 Å². The van der Waals surface area contributed by atoms with Crippen LogP contribution >= 0.6 is 23.5 Å². The predicted molar refractivity (Wildman–Crippen MR) is 85.7 cm³/mol. The summed E-state index contributed by atoms with van der Waals surface area (Å²) < 4.78 is 2.32. The number of hydrogen-bond acceptors (Lipinski definition) is 3. The van der Waals surface area contributed by atoms with Gasteiger partial charge in [-0.1, -0.05) is 6.92 Å². The molecule has 0 bridgehead atoms. The zero-order valence-corrected chi connectivity index (χ0v) is 12.6. The number of rotatable bonds is 6. The SMILES string of the molecule is CCSc1cc(N)cc2c1ccn2CCCSC. The van der Waals surface area contributed by atoms with Crippen molar-refractivity contribution in [1.82, 2.24) is 4.57 Å². The fourth-order valence-electron chi connectivity index (χ4n) is 2.13. The average Bonchev–Trinajstić information content (AvgIpc) is 2.73. The van der Waals surface area contributed by atoms with Crippen LogP contribution in [0.15, 0.2) is 29.3 Å². The average molecular weight is 280 g/mol. The van der Waals surface area contributed by atoms with Crippen molar-refractivity contribution in [2.45, 2.75) is 24.8 Å². The first kappa shape index (κ1) is 13.7. The first-order chi connectivity index (χ1) is 8.76. The minimum Gasteiger partial charge on any atom is -0.399 e. The monoisotopic (exact) mass is 280 g/mol. The maximum absolute atomic E-state index is 6.01. The molecule has 0 amide bonds. The van der Waals surface area contributed by atoms with E-state index in [2.05, 4.69) is 42.1 Å². The number of aromatic nitrogens is 1. The molecule has 18 heavy (non-hydrogen) atoms. The quantitative estimate of drug-likeness (QED) is 0.491. The Balaban J connectivity index is 2.33. The fraction of sp³-hybridized carbons (Fsp3) is 0.429. The molecular formula is C14H20N2S2. The maximum Gasteiger partial charge on any atom is 0.0512 e. The number of hydrogen-bond donors (Lipinski definition) is 1. The Kier molecular flexibility index (Phi) is 4.89. The Morgan fingerprint density at radius 2 is 2.17 bits per heavy atom. The first-order valence-electron chi connectivity index (χ1n) is 6.26. The number of thioether (sulfide) groups is 2. The molecule has 98 valence electrons. The normalized spacial score (nSPS) is 11.2. The highest BCUT2D eigenvalue weighted by atomic mass is 32.2. The number of nitrogens with two attached hydrogens (primary N) is 1. The van der Waals surface area contributed by atoms with Gasteiger partial charge < -0.3 is 10.3 Å². The summed E-state index contributed by atoms with van der Waals surface area (Å²) in [5.74, 6) is 2.29. The van der Waals surface area contributed by atoms with E-state index in [1.807, 2.05) is 23.5 Å². The molecule has 0 fully saturated rings. The van der Waals surface area contributed by atoms with E-state index in [-0.39, 0.29) is 0 Å². The van der Waals surface area contributed by atoms with Gasteiger partial charge in [0.15, 0.2) is 0 Å². The molecule has 0 saturated carbocycles. The number of aryl methyl sites for hydroxylation is 1. The number of fused-ring (bicyclic) bond motifs is 1. The molecule has 4 heteroatoms. The lowest BCUT2D eigenvalue weighted by atomic mass is 10.2. The molecular weight excluding hydrogens is 260 g/mol. The van der Waals surface area contributed by atoms with Gasteiger partial charge in [-0.2, -0.15) is 11.8 Å². The van der Waals surface area contributed by atoms with Crippen molar-refractivity contribution in [3.63, 3.8) is 0 Å². The van der Waals surface area contributed by atoms with Crippen molar-refractivity contribution >= 4 is 40.1 Å². The largest absolute Gasteiger partial charge is 0.399 e. The van der Waals surface area contributed by atoms with Gasteiger partial charge in [0, 0.05) is 28.7 Å². The third kappa shape index (κ3) is 2.98. The highest BCUT2D eigenvalue weighted by Gasteiger charge is 2.07. The molecule has 2 N–H and O–H groups in total. The van der Waals surface area contributed by atoms with Crippen molar-refractivity contribution in [3.05, 3.63) is 24.4 Å². The van der Waals surface area contributed by atoms with Crippen LogP contribution < -0.4 is 5.73 Å². The molecule has 0 saturated heterocycles. The van der Waals surface area contributed by atoms with Crippen molar-refractivity contribution in [2.24, 2.45) is 0 Å². The van der Waals surface area contributed by atoms with Gasteiger partial charge in [-0.25, -0.2) is 0 Å². The van der Waals surface area contributed by atoms with Gasteiger partial charge in [0.1, 0.15) is 0 Å². The number of benzene rings is 1. The lowest BCUT2D eigenvalue weighted by Crippen LogP contribution is -1.98. The minimum atomic E-state index is 0.864. The van der Waals surface area contributed by atoms with Crippen molar-refractivity contribution in [3.8, 4) is 0 Å². The van der Waals surface area contributed by atoms with E-state index in [4.69, 9.17) is 5.73 Å². The van der Waals surface area contributed by atoms with Gasteiger partial charge in [0.2, 0.25) is 0 Å². The molecule has 1 heterocycles. The summed E-state index contributed by atoms with van der Waals surface area (Å²) in [7, 11) is 0. The summed E-state index contributed by atoms with van der Waals surface area (Å²) in [4.78, 5) is 1.30. The lowest BCUT2D eigenvalue weighted by Gasteiger charge is -2.08. The third-order valence-electron chi connectivity index (χ3n) is 2.92. The van der Waals surface area contributed by atoms with Gasteiger partial charge in [-0.15, -0.1) is 11.8 Å². The van der Waals surface area contributed by atoms with Gasteiger partial charge in [0.25, 0.3) is 0 Å². The zero-order valence-electron chi connectivity index (χ0n) is 11.0. The predicted octanol–water partition coefficient (Wildman–Crippen LogP) is 4.09. The number of nitrogen functional groups attached to an aromatic ring is 1. The molecule has 0 aliphatic rings. The van der Waals surface area contributed by atoms with Crippen LogP contribution in [-0.4, -0.2) is 22.3 Å². The van der Waals surface area contributed by atoms with Crippen molar-refractivity contribution < 1.29 is 0 Å². The molecule has 0 radical (unpaired) electrons. The summed E-state index contributed by atoms with van der Waals surface area (Å²) in [5.41, 5.74) is 8.14. The molecule has 0 aliphatic heterocycles. The van der Waals surface area contributed by atoms with E-state index in [1.54, 1.807) is 0 Å². The second kappa shape index (κ2) is 6.43. The van der Waals surface area contributed by atoms with Crippen molar-refractivity contribution in [1.29, 1.82) is 0 Å². The van der Waals surface area contributed by atoms with Gasteiger partial charge >= 0.3 is 0 Å². The molecule has 2 rings (SSSR count). The van der Waals surface area contributed by atoms with Gasteiger partial charge in [-0.3, -0.25) is 0 Å². The molecule has 0 aliphatic carbocycles. The first-order valence-corrected chi connectivity index (χ1v) is 8.64. The maximum atomic E-state index is 6.01. The van der Waals surface area contributed by atoms with Crippen molar-refractivity contribution in [2.75, 3.05) is 23.5 Å². The Hall–Kier alpha value is -0.740. The number of nitrogens with zero attached hydrogens (tertiary/aromatic N) is 1. The van der Waals surface area contributed by atoms with E-state index in [0.29, 0.717) is 0 Å². The number of anilines is 1. The Labute approximate surface area is 117 Å². The summed E-state index contributed by atoms with van der Waals surface area (Å²) in [6.45, 7) is 3.25. The van der Waals surface area contributed by atoms with Gasteiger partial charge in [0.05, 0.1) is 5.52 Å². The van der Waals surface area contributed by atoms with E-state index >= 15 is 0 Å². The highest BCUT2D eigenvalue weighted by Crippen LogP contribution is 2.31. The van der Waals surface area contributed by atoms with Gasteiger partial charge in [-0.05, 0) is 42.4 Å². The van der Waals surface area contributed by atoms with Crippen LogP contribution in [0.1, 0.15) is 13.3 Å². The van der Waals surface area contributed by atoms with Crippen LogP contribution in [-0.2, 0) is 6.54 Å². The minimum absolute atomic E-state index is 0.864. The summed E-state index contributed by atoms with van der Waals surface area (Å²) in [5, 5.41) is 1.33. The molecule has 0 atom stereocenters. The Morgan fingerprint density at radius 3 is 2.89 bits per heavy atom. The molecule has 0 unspecified atom stereocenters. The van der Waals surface area contributed by atoms with E-state index in [9.17, 15) is 0 Å².